The third-order valence-electron chi connectivity index (χ3n) is 1.96. The summed E-state index contributed by atoms with van der Waals surface area (Å²) in [6.45, 7) is 1.28. The number of carbonyl (C=O) groups is 1. The Balaban J connectivity index is 3.27. The van der Waals surface area contributed by atoms with Gasteiger partial charge in [-0.05, 0) is 6.92 Å². The molecule has 1 rings (SSSR count). The topological polar surface area (TPSA) is 59.4 Å². The molecule has 0 unspecified atom stereocenters. The maximum Gasteiger partial charge on any atom is 0.360 e. The highest BCUT2D eigenvalue weighted by molar-refractivity contribution is 5.90. The van der Waals surface area contributed by atoms with Crippen molar-refractivity contribution >= 4 is 5.97 Å². The van der Waals surface area contributed by atoms with Gasteiger partial charge in [0.1, 0.15) is 0 Å². The summed E-state index contributed by atoms with van der Waals surface area (Å²) in [4.78, 5) is 14.5. The van der Waals surface area contributed by atoms with Crippen LogP contribution in [0.15, 0.2) is 6.20 Å². The van der Waals surface area contributed by atoms with Crippen LogP contribution in [-0.2, 0) is 4.74 Å². The number of esters is 1. The fraction of sp³-hybridized carbons (Fsp3) is 0.333. The second-order valence-corrected chi connectivity index (χ2v) is 2.83. The van der Waals surface area contributed by atoms with Crippen molar-refractivity contribution in [3.8, 4) is 5.75 Å². The van der Waals surface area contributed by atoms with Crippen molar-refractivity contribution in [1.29, 1.82) is 0 Å². The molecule has 4 nitrogen and oxygen atoms in total. The Bertz CT molecular complexity index is 393. The summed E-state index contributed by atoms with van der Waals surface area (Å²) in [5, 5.41) is 9.43. The van der Waals surface area contributed by atoms with Gasteiger partial charge in [-0.15, -0.1) is 0 Å². The van der Waals surface area contributed by atoms with Gasteiger partial charge in [-0.25, -0.2) is 18.6 Å². The lowest BCUT2D eigenvalue weighted by Crippen LogP contribution is -2.07. The van der Waals surface area contributed by atoms with Gasteiger partial charge in [-0.1, -0.05) is 0 Å². The smallest absolute Gasteiger partial charge is 0.360 e. The van der Waals surface area contributed by atoms with Crippen molar-refractivity contribution in [3.63, 3.8) is 0 Å². The predicted octanol–water partition coefficient (Wildman–Crippen LogP) is 1.82. The second-order valence-electron chi connectivity index (χ2n) is 2.83. The number of aromatic nitrogens is 1. The number of aromatic hydroxyl groups is 1. The lowest BCUT2D eigenvalue weighted by Gasteiger charge is -2.08. The molecule has 0 fully saturated rings. The van der Waals surface area contributed by atoms with E-state index in [0.717, 1.165) is 13.3 Å². The molecule has 0 atom stereocenters. The standard InChI is InChI=1S/C9H9F2NO3/c1-4-5(8(10)11)3-12-6(7(4)13)9(14)15-2/h3,8,13H,1-2H3. The summed E-state index contributed by atoms with van der Waals surface area (Å²) in [6, 6.07) is 0. The molecular formula is C9H9F2NO3. The molecule has 0 amide bonds. The van der Waals surface area contributed by atoms with Gasteiger partial charge in [-0.2, -0.15) is 0 Å². The first-order valence-electron chi connectivity index (χ1n) is 4.04. The van der Waals surface area contributed by atoms with Crippen LogP contribution < -0.4 is 0 Å². The number of methoxy groups -OCH3 is 1. The molecule has 0 aliphatic carbocycles. The van der Waals surface area contributed by atoms with Crippen molar-refractivity contribution < 1.29 is 23.4 Å². The van der Waals surface area contributed by atoms with Crippen LogP contribution in [0.1, 0.15) is 28.0 Å². The van der Waals surface area contributed by atoms with Gasteiger partial charge in [-0.3, -0.25) is 0 Å². The van der Waals surface area contributed by atoms with Gasteiger partial charge in [0.25, 0.3) is 6.43 Å². The van der Waals surface area contributed by atoms with Gasteiger partial charge < -0.3 is 9.84 Å². The van der Waals surface area contributed by atoms with E-state index in [1.54, 1.807) is 0 Å². The molecule has 82 valence electrons. The Labute approximate surface area is 84.5 Å². The zero-order chi connectivity index (χ0) is 11.6. The van der Waals surface area contributed by atoms with E-state index in [0.29, 0.717) is 0 Å². The maximum atomic E-state index is 12.4. The number of pyridine rings is 1. The van der Waals surface area contributed by atoms with E-state index < -0.39 is 23.7 Å². The predicted molar refractivity (Wildman–Crippen MR) is 46.9 cm³/mol. The van der Waals surface area contributed by atoms with Crippen LogP contribution in [0.3, 0.4) is 0 Å². The Kier molecular flexibility index (Phi) is 3.18. The minimum Gasteiger partial charge on any atom is -0.505 e. The Hall–Kier alpha value is -1.72. The van der Waals surface area contributed by atoms with E-state index in [4.69, 9.17) is 0 Å². The number of rotatable bonds is 2. The van der Waals surface area contributed by atoms with Crippen LogP contribution >= 0.6 is 0 Å². The number of carbonyl (C=O) groups excluding carboxylic acids is 1. The average Bonchev–Trinajstić information content (AvgIpc) is 2.20. The summed E-state index contributed by atoms with van der Waals surface area (Å²) in [6.07, 6.45) is -1.89. The first-order valence-corrected chi connectivity index (χ1v) is 4.04. The molecule has 0 aromatic carbocycles. The molecular weight excluding hydrogens is 208 g/mol. The van der Waals surface area contributed by atoms with E-state index in [-0.39, 0.29) is 11.3 Å². The van der Waals surface area contributed by atoms with Gasteiger partial charge in [0, 0.05) is 17.3 Å². The highest BCUT2D eigenvalue weighted by Crippen LogP contribution is 2.29. The molecule has 0 saturated carbocycles. The summed E-state index contributed by atoms with van der Waals surface area (Å²) >= 11 is 0. The number of hydrogen-bond donors (Lipinski definition) is 1. The third kappa shape index (κ3) is 2.03. The second kappa shape index (κ2) is 4.20. The van der Waals surface area contributed by atoms with Crippen LogP contribution in [-0.4, -0.2) is 23.2 Å². The zero-order valence-corrected chi connectivity index (χ0v) is 8.12. The normalized spacial score (nSPS) is 10.5. The van der Waals surface area contributed by atoms with Crippen molar-refractivity contribution in [1.82, 2.24) is 4.98 Å². The largest absolute Gasteiger partial charge is 0.505 e. The van der Waals surface area contributed by atoms with E-state index in [9.17, 15) is 18.7 Å². The molecule has 0 aliphatic rings. The minimum absolute atomic E-state index is 0.0691. The molecule has 1 heterocycles. The number of halogens is 2. The van der Waals surface area contributed by atoms with E-state index in [2.05, 4.69) is 9.72 Å². The van der Waals surface area contributed by atoms with Gasteiger partial charge in [0.2, 0.25) is 0 Å². The maximum absolute atomic E-state index is 12.4. The zero-order valence-electron chi connectivity index (χ0n) is 8.12. The molecule has 1 N–H and O–H groups in total. The lowest BCUT2D eigenvalue weighted by atomic mass is 10.1. The molecule has 0 aliphatic heterocycles. The average molecular weight is 217 g/mol. The minimum atomic E-state index is -2.74. The number of ether oxygens (including phenoxy) is 1. The first kappa shape index (κ1) is 11.4. The van der Waals surface area contributed by atoms with Crippen molar-refractivity contribution in [3.05, 3.63) is 23.0 Å². The molecule has 1 aromatic heterocycles. The van der Waals surface area contributed by atoms with E-state index in [1.165, 1.54) is 6.92 Å². The summed E-state index contributed by atoms with van der Waals surface area (Å²) in [5.41, 5.74) is -0.833. The van der Waals surface area contributed by atoms with Gasteiger partial charge in [0.15, 0.2) is 11.4 Å². The van der Waals surface area contributed by atoms with Crippen LogP contribution in [0.25, 0.3) is 0 Å². The summed E-state index contributed by atoms with van der Waals surface area (Å²) in [7, 11) is 1.11. The fourth-order valence-corrected chi connectivity index (χ4v) is 1.07. The Morgan fingerprint density at radius 2 is 2.20 bits per heavy atom. The van der Waals surface area contributed by atoms with Crippen LogP contribution in [0.2, 0.25) is 0 Å². The summed E-state index contributed by atoms with van der Waals surface area (Å²) < 4.78 is 29.0. The van der Waals surface area contributed by atoms with Crippen molar-refractivity contribution in [2.45, 2.75) is 13.3 Å². The quantitative estimate of drug-likeness (QED) is 0.767. The first-order chi connectivity index (χ1) is 6.99. The Morgan fingerprint density at radius 1 is 1.60 bits per heavy atom. The Morgan fingerprint density at radius 3 is 2.67 bits per heavy atom. The number of alkyl halides is 2. The fourth-order valence-electron chi connectivity index (χ4n) is 1.07. The van der Waals surface area contributed by atoms with Gasteiger partial charge in [0.05, 0.1) is 7.11 Å². The number of hydrogen-bond acceptors (Lipinski definition) is 4. The van der Waals surface area contributed by atoms with Crippen molar-refractivity contribution in [2.75, 3.05) is 7.11 Å². The van der Waals surface area contributed by atoms with Gasteiger partial charge >= 0.3 is 5.97 Å². The molecule has 1 aromatic rings. The summed E-state index contributed by atoms with van der Waals surface area (Å²) in [5.74, 6) is -1.43. The van der Waals surface area contributed by atoms with Crippen LogP contribution in [0, 0.1) is 6.92 Å². The number of nitrogens with zero attached hydrogens (tertiary/aromatic N) is 1. The van der Waals surface area contributed by atoms with Crippen LogP contribution in [0.5, 0.6) is 5.75 Å². The van der Waals surface area contributed by atoms with Crippen molar-refractivity contribution in [2.24, 2.45) is 0 Å². The molecule has 6 heteroatoms. The molecule has 15 heavy (non-hydrogen) atoms. The molecule has 0 spiro atoms. The molecule has 0 bridgehead atoms. The lowest BCUT2D eigenvalue weighted by molar-refractivity contribution is 0.0589. The molecule has 0 saturated heterocycles. The van der Waals surface area contributed by atoms with E-state index >= 15 is 0 Å². The highest BCUT2D eigenvalue weighted by atomic mass is 19.3. The molecule has 0 radical (unpaired) electrons. The monoisotopic (exact) mass is 217 g/mol. The third-order valence-corrected chi connectivity index (χ3v) is 1.96. The SMILES string of the molecule is COC(=O)c1ncc(C(F)F)c(C)c1O. The van der Waals surface area contributed by atoms with Crippen LogP contribution in [0.4, 0.5) is 8.78 Å². The highest BCUT2D eigenvalue weighted by Gasteiger charge is 2.21. The van der Waals surface area contributed by atoms with E-state index in [1.807, 2.05) is 0 Å².